The molecule has 0 aliphatic heterocycles. The molecule has 0 aliphatic rings. The highest BCUT2D eigenvalue weighted by atomic mass is 16.6. The second kappa shape index (κ2) is 10.9. The zero-order chi connectivity index (χ0) is 27.4. The van der Waals surface area contributed by atoms with Crippen LogP contribution in [0.15, 0.2) is 108 Å². The van der Waals surface area contributed by atoms with E-state index in [2.05, 4.69) is 27.8 Å². The average molecular weight is 516 g/mol. The highest BCUT2D eigenvalue weighted by Crippen LogP contribution is 2.28. The van der Waals surface area contributed by atoms with Crippen molar-refractivity contribution in [2.24, 2.45) is 5.10 Å². The minimum atomic E-state index is -0.496. The van der Waals surface area contributed by atoms with E-state index in [1.807, 2.05) is 80.6 Å². The van der Waals surface area contributed by atoms with E-state index in [0.29, 0.717) is 5.56 Å². The first-order valence-corrected chi connectivity index (χ1v) is 12.3. The first-order valence-electron chi connectivity index (χ1n) is 12.3. The summed E-state index contributed by atoms with van der Waals surface area (Å²) in [6.07, 6.45) is 1.39. The van der Waals surface area contributed by atoms with Crippen molar-refractivity contribution in [3.8, 4) is 28.1 Å². The Morgan fingerprint density at radius 2 is 1.51 bits per heavy atom. The number of aromatic nitrogens is 2. The monoisotopic (exact) mass is 515 g/mol. The standard InChI is InChI=1S/C31H25N5O3/c1-21-12-17-27(36(38)39)18-26(21)20-32-33-31(37)28-19-30(35(34-28)29-11-7-6-8-22(29)2)25-15-13-24(14-16-25)23-9-4-3-5-10-23/h3-20H,1-2H3,(H,33,37)/b32-20-. The van der Waals surface area contributed by atoms with Crippen LogP contribution >= 0.6 is 0 Å². The zero-order valence-corrected chi connectivity index (χ0v) is 21.4. The van der Waals surface area contributed by atoms with Crippen LogP contribution in [0, 0.1) is 24.0 Å². The summed E-state index contributed by atoms with van der Waals surface area (Å²) in [6, 6.07) is 32.3. The van der Waals surface area contributed by atoms with E-state index >= 15 is 0 Å². The summed E-state index contributed by atoms with van der Waals surface area (Å²) < 4.78 is 1.76. The molecule has 0 fully saturated rings. The second-order valence-corrected chi connectivity index (χ2v) is 9.05. The van der Waals surface area contributed by atoms with Gasteiger partial charge in [0.2, 0.25) is 0 Å². The molecule has 39 heavy (non-hydrogen) atoms. The molecular weight excluding hydrogens is 490 g/mol. The minimum absolute atomic E-state index is 0.0479. The Morgan fingerprint density at radius 1 is 0.846 bits per heavy atom. The normalized spacial score (nSPS) is 11.0. The predicted molar refractivity (Wildman–Crippen MR) is 152 cm³/mol. The molecule has 4 aromatic carbocycles. The van der Waals surface area contributed by atoms with Gasteiger partial charge in [0.25, 0.3) is 11.6 Å². The highest BCUT2D eigenvalue weighted by molar-refractivity contribution is 5.94. The average Bonchev–Trinajstić information content (AvgIpc) is 3.40. The maximum Gasteiger partial charge on any atom is 0.291 e. The number of carbonyl (C=O) groups is 1. The molecule has 0 saturated heterocycles. The first kappa shape index (κ1) is 25.3. The lowest BCUT2D eigenvalue weighted by Crippen LogP contribution is -2.18. The van der Waals surface area contributed by atoms with Gasteiger partial charge in [-0.2, -0.15) is 10.2 Å². The van der Waals surface area contributed by atoms with Crippen LogP contribution in [0.5, 0.6) is 0 Å². The van der Waals surface area contributed by atoms with Crippen LogP contribution in [0.2, 0.25) is 0 Å². The van der Waals surface area contributed by atoms with Crippen molar-refractivity contribution in [3.63, 3.8) is 0 Å². The van der Waals surface area contributed by atoms with Gasteiger partial charge in [-0.15, -0.1) is 0 Å². The van der Waals surface area contributed by atoms with Gasteiger partial charge in [-0.1, -0.05) is 78.9 Å². The lowest BCUT2D eigenvalue weighted by Gasteiger charge is -2.11. The molecule has 0 saturated carbocycles. The zero-order valence-electron chi connectivity index (χ0n) is 21.4. The topological polar surface area (TPSA) is 102 Å². The van der Waals surface area contributed by atoms with Gasteiger partial charge in [0.15, 0.2) is 5.69 Å². The number of hydrogen-bond donors (Lipinski definition) is 1. The van der Waals surface area contributed by atoms with Crippen LogP contribution in [0.3, 0.4) is 0 Å². The Kier molecular flexibility index (Phi) is 7.09. The summed E-state index contributed by atoms with van der Waals surface area (Å²) in [5, 5.41) is 19.7. The van der Waals surface area contributed by atoms with Crippen LogP contribution in [0.4, 0.5) is 5.69 Å². The molecule has 192 valence electrons. The van der Waals surface area contributed by atoms with Gasteiger partial charge in [-0.25, -0.2) is 10.1 Å². The van der Waals surface area contributed by atoms with Crippen molar-refractivity contribution >= 4 is 17.8 Å². The molecule has 0 atom stereocenters. The van der Waals surface area contributed by atoms with Gasteiger partial charge in [0.1, 0.15) is 0 Å². The third-order valence-corrected chi connectivity index (χ3v) is 6.42. The number of nitro benzene ring substituents is 1. The molecule has 0 spiro atoms. The van der Waals surface area contributed by atoms with Crippen molar-refractivity contribution in [1.82, 2.24) is 15.2 Å². The molecule has 1 aromatic heterocycles. The summed E-state index contributed by atoms with van der Waals surface area (Å²) in [6.45, 7) is 3.80. The second-order valence-electron chi connectivity index (χ2n) is 9.05. The van der Waals surface area contributed by atoms with Gasteiger partial charge in [0, 0.05) is 23.3 Å². The van der Waals surface area contributed by atoms with Crippen LogP contribution in [-0.4, -0.2) is 26.8 Å². The van der Waals surface area contributed by atoms with E-state index in [4.69, 9.17) is 0 Å². The molecule has 8 nitrogen and oxygen atoms in total. The summed E-state index contributed by atoms with van der Waals surface area (Å²) in [7, 11) is 0. The number of nitrogens with one attached hydrogen (secondary N) is 1. The van der Waals surface area contributed by atoms with E-state index in [1.54, 1.807) is 16.8 Å². The summed E-state index contributed by atoms with van der Waals surface area (Å²) >= 11 is 0. The Balaban J connectivity index is 1.46. The van der Waals surface area contributed by atoms with Crippen LogP contribution < -0.4 is 5.43 Å². The summed E-state index contributed by atoms with van der Waals surface area (Å²) in [4.78, 5) is 23.7. The first-order chi connectivity index (χ1) is 18.9. The van der Waals surface area contributed by atoms with E-state index in [9.17, 15) is 14.9 Å². The predicted octanol–water partition coefficient (Wildman–Crippen LogP) is 6.50. The van der Waals surface area contributed by atoms with Gasteiger partial charge < -0.3 is 0 Å². The van der Waals surface area contributed by atoms with Crippen LogP contribution in [-0.2, 0) is 0 Å². The van der Waals surface area contributed by atoms with Gasteiger partial charge in [0.05, 0.1) is 22.5 Å². The molecule has 1 amide bonds. The number of nitro groups is 1. The maximum atomic E-state index is 13.0. The molecule has 0 unspecified atom stereocenters. The van der Waals surface area contributed by atoms with E-state index < -0.39 is 10.8 Å². The number of para-hydroxylation sites is 1. The number of aryl methyl sites for hydroxylation is 2. The smallest absolute Gasteiger partial charge is 0.265 e. The van der Waals surface area contributed by atoms with Gasteiger partial charge >= 0.3 is 0 Å². The van der Waals surface area contributed by atoms with Crippen molar-refractivity contribution in [3.05, 3.63) is 136 Å². The van der Waals surface area contributed by atoms with E-state index in [-0.39, 0.29) is 11.4 Å². The summed E-state index contributed by atoms with van der Waals surface area (Å²) in [5.74, 6) is -0.496. The largest absolute Gasteiger partial charge is 0.291 e. The molecule has 0 bridgehead atoms. The number of hydrogen-bond acceptors (Lipinski definition) is 5. The SMILES string of the molecule is Cc1ccc([N+](=O)[O-])cc1/C=N\NC(=O)c1cc(-c2ccc(-c3ccccc3)cc2)n(-c2ccccc2C)n1. The Hall–Kier alpha value is -5.37. The Bertz CT molecular complexity index is 1690. The fourth-order valence-corrected chi connectivity index (χ4v) is 4.24. The molecule has 1 N–H and O–H groups in total. The highest BCUT2D eigenvalue weighted by Gasteiger charge is 2.18. The lowest BCUT2D eigenvalue weighted by molar-refractivity contribution is -0.384. The Labute approximate surface area is 225 Å². The third-order valence-electron chi connectivity index (χ3n) is 6.42. The number of amides is 1. The van der Waals surface area contributed by atoms with Gasteiger partial charge in [-0.3, -0.25) is 14.9 Å². The number of non-ortho nitro benzene ring substituents is 1. The number of rotatable bonds is 7. The molecule has 5 aromatic rings. The van der Waals surface area contributed by atoms with Gasteiger partial charge in [-0.05, 0) is 48.2 Å². The van der Waals surface area contributed by atoms with Crippen molar-refractivity contribution < 1.29 is 9.72 Å². The van der Waals surface area contributed by atoms with Crippen molar-refractivity contribution in [2.75, 3.05) is 0 Å². The fourth-order valence-electron chi connectivity index (χ4n) is 4.24. The van der Waals surface area contributed by atoms with Crippen molar-refractivity contribution in [1.29, 1.82) is 0 Å². The molecule has 8 heteroatoms. The quantitative estimate of drug-likeness (QED) is 0.152. The number of nitrogens with zero attached hydrogens (tertiary/aromatic N) is 4. The van der Waals surface area contributed by atoms with Crippen LogP contribution in [0.1, 0.15) is 27.2 Å². The minimum Gasteiger partial charge on any atom is -0.265 e. The fraction of sp³-hybridized carbons (Fsp3) is 0.0645. The molecule has 0 aliphatic carbocycles. The summed E-state index contributed by atoms with van der Waals surface area (Å²) in [5.41, 5.74) is 9.70. The van der Waals surface area contributed by atoms with E-state index in [0.717, 1.165) is 39.2 Å². The lowest BCUT2D eigenvalue weighted by atomic mass is 10.0. The van der Waals surface area contributed by atoms with Crippen molar-refractivity contribution in [2.45, 2.75) is 13.8 Å². The Morgan fingerprint density at radius 3 is 2.23 bits per heavy atom. The molecule has 5 rings (SSSR count). The third kappa shape index (κ3) is 5.50. The molecule has 0 radical (unpaired) electrons. The molecular formula is C31H25N5O3. The number of carbonyl (C=O) groups excluding carboxylic acids is 1. The molecule has 1 heterocycles. The number of benzene rings is 4. The van der Waals surface area contributed by atoms with Crippen LogP contribution in [0.25, 0.3) is 28.1 Å². The van der Waals surface area contributed by atoms with E-state index in [1.165, 1.54) is 18.3 Å². The maximum absolute atomic E-state index is 13.0. The number of hydrazone groups is 1.